The van der Waals surface area contributed by atoms with Crippen LogP contribution in [0.4, 0.5) is 9.59 Å². The fraction of sp³-hybridized carbons (Fsp3) is 0.750. The lowest BCUT2D eigenvalue weighted by Crippen LogP contribution is -2.37. The zero-order chi connectivity index (χ0) is 11.1. The molecule has 0 saturated heterocycles. The van der Waals surface area contributed by atoms with Gasteiger partial charge in [-0.1, -0.05) is 0 Å². The number of nitrogens with zero attached hydrogens (tertiary/aromatic N) is 2. The Hall–Kier alpha value is -1.46. The first-order valence-electron chi connectivity index (χ1n) is 4.24. The van der Waals surface area contributed by atoms with Crippen LogP contribution < -0.4 is 5.32 Å². The molecule has 1 N–H and O–H groups in total. The van der Waals surface area contributed by atoms with Gasteiger partial charge in [0, 0.05) is 28.2 Å². The van der Waals surface area contributed by atoms with Crippen LogP contribution in [0.2, 0.25) is 0 Å². The molecule has 0 heterocycles. The van der Waals surface area contributed by atoms with Gasteiger partial charge in [0.25, 0.3) is 0 Å². The van der Waals surface area contributed by atoms with E-state index in [1.807, 2.05) is 0 Å². The Morgan fingerprint density at radius 1 is 1.14 bits per heavy atom. The van der Waals surface area contributed by atoms with Gasteiger partial charge in [-0.05, 0) is 0 Å². The third-order valence-electron chi connectivity index (χ3n) is 1.38. The van der Waals surface area contributed by atoms with Gasteiger partial charge in [0.2, 0.25) is 0 Å². The van der Waals surface area contributed by atoms with Crippen LogP contribution in [0.1, 0.15) is 0 Å². The van der Waals surface area contributed by atoms with Gasteiger partial charge in [-0.3, -0.25) is 0 Å². The van der Waals surface area contributed by atoms with E-state index in [-0.39, 0.29) is 12.6 Å². The van der Waals surface area contributed by atoms with Crippen LogP contribution in [0.15, 0.2) is 0 Å². The van der Waals surface area contributed by atoms with Crippen LogP contribution in [0.3, 0.4) is 0 Å². The van der Waals surface area contributed by atoms with E-state index < -0.39 is 6.09 Å². The molecule has 0 aromatic heterocycles. The summed E-state index contributed by atoms with van der Waals surface area (Å²) in [6.45, 7) is 0.493. The molecule has 0 unspecified atom stereocenters. The highest BCUT2D eigenvalue weighted by atomic mass is 16.6. The molecule has 0 aliphatic carbocycles. The minimum atomic E-state index is -0.413. The highest BCUT2D eigenvalue weighted by molar-refractivity contribution is 5.73. The molecule has 0 saturated carbocycles. The van der Waals surface area contributed by atoms with Crippen molar-refractivity contribution in [3.63, 3.8) is 0 Å². The van der Waals surface area contributed by atoms with Crippen molar-refractivity contribution < 1.29 is 14.3 Å². The summed E-state index contributed by atoms with van der Waals surface area (Å²) in [5, 5.41) is 2.57. The molecule has 0 fully saturated rings. The van der Waals surface area contributed by atoms with Gasteiger partial charge in [-0.2, -0.15) is 0 Å². The van der Waals surface area contributed by atoms with Crippen molar-refractivity contribution >= 4 is 12.1 Å². The van der Waals surface area contributed by atoms with E-state index in [0.29, 0.717) is 6.54 Å². The molecule has 0 atom stereocenters. The Balaban J connectivity index is 3.48. The highest BCUT2D eigenvalue weighted by Gasteiger charge is 2.05. The van der Waals surface area contributed by atoms with E-state index in [1.54, 1.807) is 28.2 Å². The first-order chi connectivity index (χ1) is 6.45. The highest BCUT2D eigenvalue weighted by Crippen LogP contribution is 1.84. The SMILES string of the molecule is CN(C)C(=O)NCCOC(=O)N(C)C. The van der Waals surface area contributed by atoms with Gasteiger partial charge in [-0.15, -0.1) is 0 Å². The topological polar surface area (TPSA) is 61.9 Å². The maximum Gasteiger partial charge on any atom is 0.409 e. The van der Waals surface area contributed by atoms with Crippen molar-refractivity contribution in [1.29, 1.82) is 0 Å². The van der Waals surface area contributed by atoms with Crippen molar-refractivity contribution in [2.45, 2.75) is 0 Å². The second-order valence-electron chi connectivity index (χ2n) is 3.14. The Morgan fingerprint density at radius 3 is 2.14 bits per heavy atom. The minimum absolute atomic E-state index is 0.177. The van der Waals surface area contributed by atoms with E-state index in [0.717, 1.165) is 0 Å². The number of hydrogen-bond donors (Lipinski definition) is 1. The van der Waals surface area contributed by atoms with Gasteiger partial charge in [0.1, 0.15) is 6.61 Å². The Kier molecular flexibility index (Phi) is 5.43. The number of carbonyl (C=O) groups is 2. The number of amides is 3. The van der Waals surface area contributed by atoms with Crippen molar-refractivity contribution in [3.8, 4) is 0 Å². The molecule has 14 heavy (non-hydrogen) atoms. The van der Waals surface area contributed by atoms with Crippen LogP contribution in [0.5, 0.6) is 0 Å². The molecule has 6 nitrogen and oxygen atoms in total. The molecule has 0 aliphatic heterocycles. The number of hydrogen-bond acceptors (Lipinski definition) is 3. The van der Waals surface area contributed by atoms with Crippen LogP contribution in [0.25, 0.3) is 0 Å². The number of urea groups is 1. The molecule has 6 heteroatoms. The van der Waals surface area contributed by atoms with Gasteiger partial charge >= 0.3 is 12.1 Å². The zero-order valence-electron chi connectivity index (χ0n) is 9.03. The standard InChI is InChI=1S/C8H17N3O3/c1-10(2)7(12)9-5-6-14-8(13)11(3)4/h5-6H2,1-4H3,(H,9,12). The monoisotopic (exact) mass is 203 g/mol. The largest absolute Gasteiger partial charge is 0.448 e. The van der Waals surface area contributed by atoms with E-state index in [1.165, 1.54) is 9.80 Å². The lowest BCUT2D eigenvalue weighted by molar-refractivity contribution is 0.119. The first-order valence-corrected chi connectivity index (χ1v) is 4.24. The quantitative estimate of drug-likeness (QED) is 0.654. The average molecular weight is 203 g/mol. The second kappa shape index (κ2) is 6.06. The van der Waals surface area contributed by atoms with E-state index in [4.69, 9.17) is 4.74 Å². The maximum atomic E-state index is 11.0. The number of carbonyl (C=O) groups excluding carboxylic acids is 2. The van der Waals surface area contributed by atoms with Gasteiger partial charge in [0.05, 0.1) is 6.54 Å². The molecular formula is C8H17N3O3. The molecule has 0 aromatic carbocycles. The van der Waals surface area contributed by atoms with Gasteiger partial charge < -0.3 is 19.9 Å². The Morgan fingerprint density at radius 2 is 1.71 bits per heavy atom. The Bertz CT molecular complexity index is 182. The molecular weight excluding hydrogens is 186 g/mol. The van der Waals surface area contributed by atoms with E-state index in [2.05, 4.69) is 5.32 Å². The molecule has 0 aliphatic rings. The van der Waals surface area contributed by atoms with Crippen molar-refractivity contribution in [1.82, 2.24) is 15.1 Å². The Labute approximate surface area is 83.8 Å². The third-order valence-corrected chi connectivity index (χ3v) is 1.38. The maximum absolute atomic E-state index is 11.0. The van der Waals surface area contributed by atoms with Crippen LogP contribution >= 0.6 is 0 Å². The summed E-state index contributed by atoms with van der Waals surface area (Å²) >= 11 is 0. The second-order valence-corrected chi connectivity index (χ2v) is 3.14. The minimum Gasteiger partial charge on any atom is -0.448 e. The van der Waals surface area contributed by atoms with Crippen LogP contribution in [-0.2, 0) is 4.74 Å². The lowest BCUT2D eigenvalue weighted by Gasteiger charge is -2.13. The zero-order valence-corrected chi connectivity index (χ0v) is 9.03. The fourth-order valence-corrected chi connectivity index (χ4v) is 0.584. The molecule has 0 radical (unpaired) electrons. The molecule has 0 bridgehead atoms. The fourth-order valence-electron chi connectivity index (χ4n) is 0.584. The normalized spacial score (nSPS) is 9.14. The van der Waals surface area contributed by atoms with Crippen molar-refractivity contribution in [2.75, 3.05) is 41.3 Å². The molecule has 3 amide bonds. The summed E-state index contributed by atoms with van der Waals surface area (Å²) in [6, 6.07) is -0.203. The predicted octanol–water partition coefficient (Wildman–Crippen LogP) is -0.0442. The third kappa shape index (κ3) is 5.23. The summed E-state index contributed by atoms with van der Waals surface area (Å²) in [6.07, 6.45) is -0.413. The van der Waals surface area contributed by atoms with Crippen molar-refractivity contribution in [2.24, 2.45) is 0 Å². The number of nitrogens with one attached hydrogen (secondary N) is 1. The van der Waals surface area contributed by atoms with E-state index >= 15 is 0 Å². The summed E-state index contributed by atoms with van der Waals surface area (Å²) in [5.74, 6) is 0. The van der Waals surface area contributed by atoms with Crippen LogP contribution in [0, 0.1) is 0 Å². The molecule has 0 spiro atoms. The summed E-state index contributed by atoms with van der Waals surface area (Å²) in [4.78, 5) is 24.6. The first kappa shape index (κ1) is 12.5. The number of ether oxygens (including phenoxy) is 1. The smallest absolute Gasteiger partial charge is 0.409 e. The van der Waals surface area contributed by atoms with Gasteiger partial charge in [0.15, 0.2) is 0 Å². The van der Waals surface area contributed by atoms with Gasteiger partial charge in [-0.25, -0.2) is 9.59 Å². The van der Waals surface area contributed by atoms with Crippen molar-refractivity contribution in [3.05, 3.63) is 0 Å². The lowest BCUT2D eigenvalue weighted by atomic mass is 10.6. The molecule has 0 rings (SSSR count). The van der Waals surface area contributed by atoms with E-state index in [9.17, 15) is 9.59 Å². The summed E-state index contributed by atoms with van der Waals surface area (Å²) in [7, 11) is 6.48. The molecule has 0 aromatic rings. The predicted molar refractivity (Wildman–Crippen MR) is 52.1 cm³/mol. The number of rotatable bonds is 3. The summed E-state index contributed by atoms with van der Waals surface area (Å²) in [5.41, 5.74) is 0. The molecule has 82 valence electrons. The average Bonchev–Trinajstić information content (AvgIpc) is 2.11. The van der Waals surface area contributed by atoms with Crippen LogP contribution in [-0.4, -0.2) is 63.3 Å². The summed E-state index contributed by atoms with van der Waals surface area (Å²) < 4.78 is 4.79.